The fraction of sp³-hybridized carbons (Fsp3) is 0.679. The third-order valence-corrected chi connectivity index (χ3v) is 10.5. The predicted molar refractivity (Wildman–Crippen MR) is 134 cm³/mol. The van der Waals surface area contributed by atoms with Crippen LogP contribution in [0.5, 0.6) is 0 Å². The Morgan fingerprint density at radius 3 is 2.12 bits per heavy atom. The number of aryl methyl sites for hydroxylation is 1. The van der Waals surface area contributed by atoms with Crippen LogP contribution >= 0.6 is 11.3 Å². The third-order valence-electron chi connectivity index (χ3n) is 9.20. The second-order valence-corrected chi connectivity index (χ2v) is 12.4. The molecular formula is C28H36N2O3S. The van der Waals surface area contributed by atoms with Gasteiger partial charge in [-0.2, -0.15) is 0 Å². The Morgan fingerprint density at radius 2 is 1.47 bits per heavy atom. The van der Waals surface area contributed by atoms with Gasteiger partial charge >= 0.3 is 0 Å². The lowest BCUT2D eigenvalue weighted by Crippen LogP contribution is -2.38. The Balaban J connectivity index is 1.38. The Kier molecular flexibility index (Phi) is 5.70. The zero-order valence-electron chi connectivity index (χ0n) is 20.5. The Hall–Kier alpha value is -1.95. The van der Waals surface area contributed by atoms with E-state index in [1.54, 1.807) is 11.3 Å². The van der Waals surface area contributed by atoms with E-state index in [9.17, 15) is 14.4 Å². The molecule has 5 aliphatic rings. The molecule has 4 atom stereocenters. The summed E-state index contributed by atoms with van der Waals surface area (Å²) in [5, 5.41) is 3.93. The SMILES string of the molecule is CC(C)=C1[C@H]2CC[C@@H]1[C@@H]1C(=O)N(c3sc4c(c3C(=O)NC3CCCCC3)CCCCC4)C(=O)[C@H]12. The van der Waals surface area contributed by atoms with Crippen molar-refractivity contribution in [3.05, 3.63) is 27.2 Å². The topological polar surface area (TPSA) is 66.5 Å². The van der Waals surface area contributed by atoms with Gasteiger partial charge in [0.25, 0.3) is 5.91 Å². The molecule has 4 aliphatic carbocycles. The predicted octanol–water partition coefficient (Wildman–Crippen LogP) is 5.56. The van der Waals surface area contributed by atoms with E-state index in [2.05, 4.69) is 19.2 Å². The fourth-order valence-corrected chi connectivity index (χ4v) is 9.21. The molecule has 0 unspecified atom stereocenters. The van der Waals surface area contributed by atoms with Crippen LogP contribution in [-0.4, -0.2) is 23.8 Å². The van der Waals surface area contributed by atoms with E-state index in [0.29, 0.717) is 10.6 Å². The van der Waals surface area contributed by atoms with Gasteiger partial charge in [-0.1, -0.05) is 36.8 Å². The van der Waals surface area contributed by atoms with Crippen LogP contribution in [0.15, 0.2) is 11.1 Å². The molecule has 1 N–H and O–H groups in total. The molecule has 5 nitrogen and oxygen atoms in total. The maximum Gasteiger partial charge on any atom is 0.254 e. The third kappa shape index (κ3) is 3.35. The normalized spacial score (nSPS) is 31.0. The molecule has 1 aromatic heterocycles. The first kappa shape index (κ1) is 22.5. The van der Waals surface area contributed by atoms with Crippen LogP contribution in [0, 0.1) is 23.7 Å². The molecule has 3 amide bonds. The molecule has 6 rings (SSSR count). The smallest absolute Gasteiger partial charge is 0.254 e. The number of thiophene rings is 1. The Bertz CT molecular complexity index is 1040. The summed E-state index contributed by atoms with van der Waals surface area (Å²) < 4.78 is 0. The van der Waals surface area contributed by atoms with Gasteiger partial charge in [0, 0.05) is 10.9 Å². The van der Waals surface area contributed by atoms with Gasteiger partial charge in [-0.05, 0) is 82.6 Å². The average molecular weight is 481 g/mol. The van der Waals surface area contributed by atoms with Gasteiger partial charge < -0.3 is 5.32 Å². The number of carbonyl (C=O) groups excluding carboxylic acids is 3. The summed E-state index contributed by atoms with van der Waals surface area (Å²) in [6, 6.07) is 0.204. The average Bonchev–Trinajstić information content (AvgIpc) is 3.50. The van der Waals surface area contributed by atoms with Gasteiger partial charge in [0.2, 0.25) is 11.8 Å². The fourth-order valence-electron chi connectivity index (χ4n) is 7.82. The van der Waals surface area contributed by atoms with Crippen molar-refractivity contribution in [3.63, 3.8) is 0 Å². The lowest BCUT2D eigenvalue weighted by atomic mass is 9.81. The quantitative estimate of drug-likeness (QED) is 0.350. The van der Waals surface area contributed by atoms with E-state index in [-0.39, 0.29) is 47.4 Å². The first-order valence-electron chi connectivity index (χ1n) is 13.5. The number of hydrogen-bond acceptors (Lipinski definition) is 4. The van der Waals surface area contributed by atoms with Crippen molar-refractivity contribution in [1.29, 1.82) is 0 Å². The highest BCUT2D eigenvalue weighted by atomic mass is 32.1. The number of amides is 3. The van der Waals surface area contributed by atoms with Crippen LogP contribution < -0.4 is 10.2 Å². The summed E-state index contributed by atoms with van der Waals surface area (Å²) in [6.07, 6.45) is 12.8. The minimum Gasteiger partial charge on any atom is -0.349 e. The standard InChI is InChI=1S/C28H36N2O3S/c1-15(2)21-18-13-14-19(21)23-22(18)26(32)30(27(23)33)28-24(17-11-7-4-8-12-20(17)34-28)25(31)29-16-9-5-3-6-10-16/h16,18-19,22-23H,3-14H2,1-2H3,(H,29,31)/t18-,19+,22-,23-/m0/s1. The second kappa shape index (κ2) is 8.61. The van der Waals surface area contributed by atoms with Gasteiger partial charge in [-0.25, -0.2) is 4.90 Å². The Morgan fingerprint density at radius 1 is 0.853 bits per heavy atom. The summed E-state index contributed by atoms with van der Waals surface area (Å²) >= 11 is 1.55. The van der Waals surface area contributed by atoms with Crippen LogP contribution in [0.2, 0.25) is 0 Å². The molecule has 1 aromatic rings. The van der Waals surface area contributed by atoms with E-state index < -0.39 is 0 Å². The minimum atomic E-state index is -0.229. The van der Waals surface area contributed by atoms with Crippen molar-refractivity contribution < 1.29 is 14.4 Å². The number of imide groups is 1. The van der Waals surface area contributed by atoms with Gasteiger partial charge in [0.05, 0.1) is 17.4 Å². The van der Waals surface area contributed by atoms with Crippen LogP contribution in [0.25, 0.3) is 0 Å². The van der Waals surface area contributed by atoms with E-state index in [1.165, 1.54) is 33.8 Å². The summed E-state index contributed by atoms with van der Waals surface area (Å²) in [5.41, 5.74) is 4.40. The molecule has 1 aliphatic heterocycles. The minimum absolute atomic E-state index is 0.0518. The lowest BCUT2D eigenvalue weighted by molar-refractivity contribution is -0.122. The highest BCUT2D eigenvalue weighted by Crippen LogP contribution is 2.61. The maximum absolute atomic E-state index is 13.9. The van der Waals surface area contributed by atoms with E-state index in [1.807, 2.05) is 0 Å². The summed E-state index contributed by atoms with van der Waals surface area (Å²) in [7, 11) is 0. The largest absolute Gasteiger partial charge is 0.349 e. The van der Waals surface area contributed by atoms with Crippen LogP contribution in [0.3, 0.4) is 0 Å². The van der Waals surface area contributed by atoms with E-state index in [4.69, 9.17) is 0 Å². The molecule has 1 saturated heterocycles. The maximum atomic E-state index is 13.9. The number of carbonyl (C=O) groups is 3. The lowest BCUT2D eigenvalue weighted by Gasteiger charge is -2.24. The van der Waals surface area contributed by atoms with Crippen LogP contribution in [0.1, 0.15) is 98.9 Å². The molecule has 0 radical (unpaired) electrons. The molecule has 3 saturated carbocycles. The molecule has 182 valence electrons. The highest BCUT2D eigenvalue weighted by molar-refractivity contribution is 7.17. The highest BCUT2D eigenvalue weighted by Gasteiger charge is 2.64. The number of nitrogens with one attached hydrogen (secondary N) is 1. The van der Waals surface area contributed by atoms with Gasteiger partial charge in [0.15, 0.2) is 0 Å². The second-order valence-electron chi connectivity index (χ2n) is 11.4. The zero-order chi connectivity index (χ0) is 23.6. The molecule has 2 bridgehead atoms. The first-order valence-corrected chi connectivity index (χ1v) is 14.3. The number of anilines is 1. The van der Waals surface area contributed by atoms with Gasteiger partial charge in [-0.3, -0.25) is 14.4 Å². The molecule has 2 heterocycles. The summed E-state index contributed by atoms with van der Waals surface area (Å²) in [5.74, 6) is -0.211. The number of rotatable bonds is 3. The number of allylic oxidation sites excluding steroid dienone is 2. The number of fused-ring (bicyclic) bond motifs is 6. The molecule has 4 fully saturated rings. The van der Waals surface area contributed by atoms with Crippen LogP contribution in [0.4, 0.5) is 5.00 Å². The van der Waals surface area contributed by atoms with Crippen molar-refractivity contribution in [2.24, 2.45) is 23.7 Å². The number of nitrogens with zero attached hydrogens (tertiary/aromatic N) is 1. The molecule has 34 heavy (non-hydrogen) atoms. The van der Waals surface area contributed by atoms with Crippen LogP contribution in [-0.2, 0) is 22.4 Å². The van der Waals surface area contributed by atoms with Crippen molar-refractivity contribution in [2.45, 2.75) is 96.9 Å². The van der Waals surface area contributed by atoms with Crippen molar-refractivity contribution in [2.75, 3.05) is 4.90 Å². The molecular weight excluding hydrogens is 444 g/mol. The monoisotopic (exact) mass is 480 g/mol. The molecule has 0 spiro atoms. The zero-order valence-corrected chi connectivity index (χ0v) is 21.3. The van der Waals surface area contributed by atoms with E-state index >= 15 is 0 Å². The molecule has 6 heteroatoms. The summed E-state index contributed by atoms with van der Waals surface area (Å²) in [4.78, 5) is 44.1. The Labute approximate surface area is 206 Å². The van der Waals surface area contributed by atoms with E-state index in [0.717, 1.165) is 69.8 Å². The van der Waals surface area contributed by atoms with Crippen molar-refractivity contribution in [3.8, 4) is 0 Å². The first-order chi connectivity index (χ1) is 16.5. The number of hydrogen-bond donors (Lipinski definition) is 1. The van der Waals surface area contributed by atoms with Gasteiger partial charge in [0.1, 0.15) is 5.00 Å². The molecule has 0 aromatic carbocycles. The summed E-state index contributed by atoms with van der Waals surface area (Å²) in [6.45, 7) is 4.25. The van der Waals surface area contributed by atoms with Gasteiger partial charge in [-0.15, -0.1) is 11.3 Å². The van der Waals surface area contributed by atoms with Crippen molar-refractivity contribution in [1.82, 2.24) is 5.32 Å². The van der Waals surface area contributed by atoms with Crippen molar-refractivity contribution >= 4 is 34.1 Å².